The Balaban J connectivity index is 1.55. The van der Waals surface area contributed by atoms with Crippen molar-refractivity contribution in [3.63, 3.8) is 0 Å². The van der Waals surface area contributed by atoms with Crippen molar-refractivity contribution < 1.29 is 19.4 Å². The Labute approximate surface area is 155 Å². The number of esters is 1. The maximum absolute atomic E-state index is 12.0. The summed E-state index contributed by atoms with van der Waals surface area (Å²) >= 11 is 0. The number of hydrogen-bond acceptors (Lipinski definition) is 5. The molecular formula is C21H16N2O4. The van der Waals surface area contributed by atoms with E-state index in [0.29, 0.717) is 16.9 Å². The van der Waals surface area contributed by atoms with Crippen molar-refractivity contribution in [2.45, 2.75) is 0 Å². The summed E-state index contributed by atoms with van der Waals surface area (Å²) in [6.45, 7) is 0. The summed E-state index contributed by atoms with van der Waals surface area (Å²) in [6, 6.07) is 21.3. The number of rotatable bonds is 5. The normalized spacial score (nSPS) is 10.5. The van der Waals surface area contributed by atoms with Gasteiger partial charge in [-0.25, -0.2) is 10.2 Å². The number of nitrogens with zero attached hydrogens (tertiary/aromatic N) is 1. The Morgan fingerprint density at radius 1 is 0.852 bits per heavy atom. The highest BCUT2D eigenvalue weighted by Crippen LogP contribution is 2.14. The van der Waals surface area contributed by atoms with E-state index in [4.69, 9.17) is 4.74 Å². The zero-order valence-electron chi connectivity index (χ0n) is 14.2. The van der Waals surface area contributed by atoms with E-state index in [1.54, 1.807) is 48.5 Å². The third kappa shape index (κ3) is 5.02. The highest BCUT2D eigenvalue weighted by Gasteiger charge is 2.07. The van der Waals surface area contributed by atoms with Crippen molar-refractivity contribution >= 4 is 18.1 Å². The van der Waals surface area contributed by atoms with Gasteiger partial charge in [0.2, 0.25) is 0 Å². The number of phenols is 1. The van der Waals surface area contributed by atoms with Gasteiger partial charge in [0, 0.05) is 5.56 Å². The topological polar surface area (TPSA) is 88.0 Å². The molecule has 0 spiro atoms. The van der Waals surface area contributed by atoms with E-state index in [1.165, 1.54) is 30.5 Å². The van der Waals surface area contributed by atoms with E-state index in [2.05, 4.69) is 10.5 Å². The van der Waals surface area contributed by atoms with Gasteiger partial charge in [0.05, 0.1) is 11.8 Å². The number of amides is 1. The van der Waals surface area contributed by atoms with Gasteiger partial charge in [0.25, 0.3) is 5.91 Å². The van der Waals surface area contributed by atoms with Crippen LogP contribution in [0.2, 0.25) is 0 Å². The van der Waals surface area contributed by atoms with Gasteiger partial charge in [-0.15, -0.1) is 0 Å². The zero-order chi connectivity index (χ0) is 19.1. The number of benzene rings is 3. The molecule has 1 amide bonds. The van der Waals surface area contributed by atoms with Crippen LogP contribution in [0.5, 0.6) is 11.5 Å². The van der Waals surface area contributed by atoms with Crippen LogP contribution in [0, 0.1) is 0 Å². The number of aromatic hydroxyl groups is 1. The number of nitrogens with one attached hydrogen (secondary N) is 1. The average molecular weight is 360 g/mol. The molecule has 0 saturated heterocycles. The van der Waals surface area contributed by atoms with E-state index in [-0.39, 0.29) is 11.7 Å². The fourth-order valence-corrected chi connectivity index (χ4v) is 2.20. The Hall–Kier alpha value is -3.93. The predicted octanol–water partition coefficient (Wildman–Crippen LogP) is 3.38. The Bertz CT molecular complexity index is 950. The molecule has 27 heavy (non-hydrogen) atoms. The summed E-state index contributed by atoms with van der Waals surface area (Å²) in [6.07, 6.45) is 1.47. The molecule has 6 heteroatoms. The first-order chi connectivity index (χ1) is 13.1. The molecule has 2 N–H and O–H groups in total. The van der Waals surface area contributed by atoms with Gasteiger partial charge in [-0.1, -0.05) is 18.2 Å². The van der Waals surface area contributed by atoms with Gasteiger partial charge in [0.1, 0.15) is 11.5 Å². The molecule has 3 rings (SSSR count). The van der Waals surface area contributed by atoms with Crippen molar-refractivity contribution in [2.75, 3.05) is 0 Å². The summed E-state index contributed by atoms with van der Waals surface area (Å²) in [7, 11) is 0. The summed E-state index contributed by atoms with van der Waals surface area (Å²) in [5.74, 6) is -0.324. The summed E-state index contributed by atoms with van der Waals surface area (Å²) in [5.41, 5.74) is 3.98. The molecule has 0 aliphatic carbocycles. The minimum absolute atomic E-state index is 0.0862. The fraction of sp³-hybridized carbons (Fsp3) is 0. The zero-order valence-corrected chi connectivity index (χ0v) is 14.2. The maximum atomic E-state index is 12.0. The molecule has 0 heterocycles. The Kier molecular flexibility index (Phi) is 5.59. The minimum atomic E-state index is -0.432. The second-order valence-electron chi connectivity index (χ2n) is 5.57. The van der Waals surface area contributed by atoms with Crippen molar-refractivity contribution in [1.29, 1.82) is 0 Å². The van der Waals surface area contributed by atoms with Gasteiger partial charge in [-0.05, 0) is 66.2 Å². The summed E-state index contributed by atoms with van der Waals surface area (Å²) in [5, 5.41) is 13.1. The molecule has 0 aliphatic rings. The van der Waals surface area contributed by atoms with Crippen molar-refractivity contribution in [3.05, 3.63) is 95.6 Å². The van der Waals surface area contributed by atoms with Crippen LogP contribution < -0.4 is 10.2 Å². The van der Waals surface area contributed by atoms with E-state index < -0.39 is 5.97 Å². The number of ether oxygens (including phenoxy) is 1. The smallest absolute Gasteiger partial charge is 0.343 e. The van der Waals surface area contributed by atoms with Crippen LogP contribution in [0.25, 0.3) is 0 Å². The number of phenolic OH excluding ortho intramolecular Hbond substituents is 1. The van der Waals surface area contributed by atoms with Crippen molar-refractivity contribution in [1.82, 2.24) is 5.43 Å². The van der Waals surface area contributed by atoms with Crippen LogP contribution in [0.4, 0.5) is 0 Å². The molecule has 0 unspecified atom stereocenters. The van der Waals surface area contributed by atoms with Crippen LogP contribution in [0.3, 0.4) is 0 Å². The second kappa shape index (κ2) is 8.44. The molecule has 6 nitrogen and oxygen atoms in total. The molecule has 0 aromatic heterocycles. The van der Waals surface area contributed by atoms with E-state index in [0.717, 1.165) is 5.56 Å². The standard InChI is InChI=1S/C21H16N2O4/c24-18-10-8-16(9-11-18)20(25)23-22-14-15-6-12-19(13-7-15)27-21(26)17-4-2-1-3-5-17/h1-14,24H,(H,23,25)/b22-14+. The van der Waals surface area contributed by atoms with Crippen LogP contribution in [0.1, 0.15) is 26.3 Å². The second-order valence-corrected chi connectivity index (χ2v) is 5.57. The van der Waals surface area contributed by atoms with Crippen LogP contribution in [0.15, 0.2) is 84.0 Å². The number of carbonyl (C=O) groups excluding carboxylic acids is 2. The third-order valence-corrected chi connectivity index (χ3v) is 3.61. The first-order valence-electron chi connectivity index (χ1n) is 8.11. The fourth-order valence-electron chi connectivity index (χ4n) is 2.20. The Morgan fingerprint density at radius 2 is 1.52 bits per heavy atom. The molecule has 0 fully saturated rings. The van der Waals surface area contributed by atoms with Crippen LogP contribution in [-0.4, -0.2) is 23.2 Å². The molecule has 0 radical (unpaired) electrons. The molecule has 3 aromatic carbocycles. The van der Waals surface area contributed by atoms with E-state index in [1.807, 2.05) is 6.07 Å². The molecular weight excluding hydrogens is 344 g/mol. The third-order valence-electron chi connectivity index (χ3n) is 3.61. The molecule has 3 aromatic rings. The lowest BCUT2D eigenvalue weighted by molar-refractivity contribution is 0.0734. The monoisotopic (exact) mass is 360 g/mol. The van der Waals surface area contributed by atoms with Gasteiger partial charge < -0.3 is 9.84 Å². The lowest BCUT2D eigenvalue weighted by atomic mass is 10.2. The summed E-state index contributed by atoms with van der Waals surface area (Å²) < 4.78 is 5.29. The first kappa shape index (κ1) is 17.9. The molecule has 0 bridgehead atoms. The molecule has 0 aliphatic heterocycles. The maximum Gasteiger partial charge on any atom is 0.343 e. The first-order valence-corrected chi connectivity index (χ1v) is 8.11. The lowest BCUT2D eigenvalue weighted by Gasteiger charge is -2.04. The van der Waals surface area contributed by atoms with Gasteiger partial charge in [-0.2, -0.15) is 5.10 Å². The predicted molar refractivity (Wildman–Crippen MR) is 101 cm³/mol. The Morgan fingerprint density at radius 3 is 2.19 bits per heavy atom. The number of hydrazone groups is 1. The summed E-state index contributed by atoms with van der Waals surface area (Å²) in [4.78, 5) is 23.9. The van der Waals surface area contributed by atoms with Gasteiger partial charge >= 0.3 is 5.97 Å². The largest absolute Gasteiger partial charge is 0.508 e. The number of carbonyl (C=O) groups is 2. The molecule has 134 valence electrons. The van der Waals surface area contributed by atoms with Crippen LogP contribution >= 0.6 is 0 Å². The van der Waals surface area contributed by atoms with Crippen molar-refractivity contribution in [3.8, 4) is 11.5 Å². The lowest BCUT2D eigenvalue weighted by Crippen LogP contribution is -2.17. The van der Waals surface area contributed by atoms with Gasteiger partial charge in [-0.3, -0.25) is 4.79 Å². The molecule has 0 atom stereocenters. The molecule has 0 saturated carbocycles. The van der Waals surface area contributed by atoms with E-state index >= 15 is 0 Å². The SMILES string of the molecule is O=C(N/N=C/c1ccc(OC(=O)c2ccccc2)cc1)c1ccc(O)cc1. The van der Waals surface area contributed by atoms with Crippen molar-refractivity contribution in [2.24, 2.45) is 5.10 Å². The van der Waals surface area contributed by atoms with E-state index in [9.17, 15) is 14.7 Å². The van der Waals surface area contributed by atoms with Gasteiger partial charge in [0.15, 0.2) is 0 Å². The average Bonchev–Trinajstić information content (AvgIpc) is 2.70. The minimum Gasteiger partial charge on any atom is -0.508 e. The highest BCUT2D eigenvalue weighted by molar-refractivity contribution is 5.95. The highest BCUT2D eigenvalue weighted by atomic mass is 16.5. The van der Waals surface area contributed by atoms with Crippen LogP contribution in [-0.2, 0) is 0 Å². The quantitative estimate of drug-likeness (QED) is 0.316. The number of hydrogen-bond donors (Lipinski definition) is 2.